The highest BCUT2D eigenvalue weighted by Gasteiger charge is 2.08. The minimum atomic E-state index is -0.431. The van der Waals surface area contributed by atoms with E-state index in [1.54, 1.807) is 25.2 Å². The molecule has 0 aliphatic heterocycles. The van der Waals surface area contributed by atoms with E-state index in [0.717, 1.165) is 0 Å². The SMILES string of the molecule is Cn1c(=O)oc2ccc(C(=O)Br)cc21. The molecule has 2 rings (SSSR count). The van der Waals surface area contributed by atoms with E-state index in [4.69, 9.17) is 4.42 Å². The molecule has 1 aromatic heterocycles. The van der Waals surface area contributed by atoms with Crippen molar-refractivity contribution in [1.29, 1.82) is 0 Å². The number of carbonyl (C=O) groups excluding carboxylic acids is 1. The highest BCUT2D eigenvalue weighted by molar-refractivity contribution is 9.18. The van der Waals surface area contributed by atoms with Gasteiger partial charge in [-0.3, -0.25) is 9.36 Å². The number of nitrogens with zero attached hydrogens (tertiary/aromatic N) is 1. The molecular weight excluding hydrogens is 250 g/mol. The van der Waals surface area contributed by atoms with E-state index in [1.807, 2.05) is 0 Å². The van der Waals surface area contributed by atoms with E-state index in [9.17, 15) is 9.59 Å². The minimum Gasteiger partial charge on any atom is -0.408 e. The second kappa shape index (κ2) is 3.09. The maximum Gasteiger partial charge on any atom is 0.419 e. The Bertz CT molecular complexity index is 567. The van der Waals surface area contributed by atoms with Gasteiger partial charge in [-0.1, -0.05) is 0 Å². The van der Waals surface area contributed by atoms with Gasteiger partial charge in [-0.05, 0) is 34.1 Å². The smallest absolute Gasteiger partial charge is 0.408 e. The Labute approximate surface area is 87.3 Å². The molecule has 0 amide bonds. The number of fused-ring (bicyclic) bond motifs is 1. The molecule has 0 bridgehead atoms. The number of oxazole rings is 1. The summed E-state index contributed by atoms with van der Waals surface area (Å²) in [7, 11) is 1.59. The number of hydrogen-bond donors (Lipinski definition) is 0. The van der Waals surface area contributed by atoms with Gasteiger partial charge in [0, 0.05) is 12.6 Å². The number of rotatable bonds is 1. The van der Waals surface area contributed by atoms with Gasteiger partial charge in [0.25, 0.3) is 0 Å². The fourth-order valence-corrected chi connectivity index (χ4v) is 1.50. The van der Waals surface area contributed by atoms with Crippen molar-refractivity contribution in [2.24, 2.45) is 7.05 Å². The van der Waals surface area contributed by atoms with Crippen LogP contribution in [0.2, 0.25) is 0 Å². The van der Waals surface area contributed by atoms with Crippen molar-refractivity contribution in [1.82, 2.24) is 4.57 Å². The maximum absolute atomic E-state index is 11.1. The maximum atomic E-state index is 11.1. The summed E-state index contributed by atoms with van der Waals surface area (Å²) in [5, 5.41) is 0. The molecule has 72 valence electrons. The molecule has 1 aromatic carbocycles. The number of benzene rings is 1. The Morgan fingerprint density at radius 2 is 2.21 bits per heavy atom. The second-order valence-electron chi connectivity index (χ2n) is 2.88. The lowest BCUT2D eigenvalue weighted by Crippen LogP contribution is -2.08. The summed E-state index contributed by atoms with van der Waals surface area (Å²) in [6, 6.07) is 4.81. The summed E-state index contributed by atoms with van der Waals surface area (Å²) in [4.78, 5) is 22.1. The van der Waals surface area contributed by atoms with Crippen LogP contribution < -0.4 is 5.76 Å². The summed E-state index contributed by atoms with van der Waals surface area (Å²) in [6.45, 7) is 0. The molecule has 2 aromatic rings. The molecule has 5 heteroatoms. The van der Waals surface area contributed by atoms with E-state index in [2.05, 4.69) is 15.9 Å². The number of hydrogen-bond acceptors (Lipinski definition) is 3. The lowest BCUT2D eigenvalue weighted by atomic mass is 10.2. The van der Waals surface area contributed by atoms with Crippen molar-refractivity contribution in [3.8, 4) is 0 Å². The average Bonchev–Trinajstić information content (AvgIpc) is 2.43. The van der Waals surface area contributed by atoms with Crippen molar-refractivity contribution in [3.63, 3.8) is 0 Å². The van der Waals surface area contributed by atoms with Gasteiger partial charge in [-0.15, -0.1) is 0 Å². The molecule has 0 aliphatic carbocycles. The van der Waals surface area contributed by atoms with Crippen molar-refractivity contribution in [3.05, 3.63) is 34.3 Å². The largest absolute Gasteiger partial charge is 0.419 e. The van der Waals surface area contributed by atoms with E-state index < -0.39 is 5.76 Å². The van der Waals surface area contributed by atoms with Crippen molar-refractivity contribution in [2.75, 3.05) is 0 Å². The fraction of sp³-hybridized carbons (Fsp3) is 0.111. The summed E-state index contributed by atoms with van der Waals surface area (Å²) in [5.74, 6) is -0.431. The van der Waals surface area contributed by atoms with Gasteiger partial charge >= 0.3 is 5.76 Å². The molecule has 0 N–H and O–H groups in total. The first-order valence-corrected chi connectivity index (χ1v) is 4.68. The summed E-state index contributed by atoms with van der Waals surface area (Å²) in [6.07, 6.45) is 0. The van der Waals surface area contributed by atoms with Crippen molar-refractivity contribution < 1.29 is 9.21 Å². The zero-order valence-electron chi connectivity index (χ0n) is 7.28. The molecule has 0 unspecified atom stereocenters. The zero-order chi connectivity index (χ0) is 10.3. The summed E-state index contributed by atoms with van der Waals surface area (Å²) in [5.41, 5.74) is 1.59. The number of aromatic nitrogens is 1. The lowest BCUT2D eigenvalue weighted by Gasteiger charge is -1.94. The Hall–Kier alpha value is -1.36. The van der Waals surface area contributed by atoms with Gasteiger partial charge in [0.1, 0.15) is 0 Å². The first-order chi connectivity index (χ1) is 6.59. The Morgan fingerprint density at radius 3 is 2.86 bits per heavy atom. The third-order valence-corrected chi connectivity index (χ3v) is 2.48. The van der Waals surface area contributed by atoms with Crippen LogP contribution in [0.4, 0.5) is 0 Å². The second-order valence-corrected chi connectivity index (χ2v) is 3.60. The van der Waals surface area contributed by atoms with Gasteiger partial charge in [0.05, 0.1) is 5.52 Å². The van der Waals surface area contributed by atoms with Gasteiger partial charge < -0.3 is 4.42 Å². The van der Waals surface area contributed by atoms with E-state index in [0.29, 0.717) is 16.7 Å². The molecule has 14 heavy (non-hydrogen) atoms. The summed E-state index contributed by atoms with van der Waals surface area (Å²) < 4.78 is 6.06. The van der Waals surface area contributed by atoms with Crippen LogP contribution in [0.3, 0.4) is 0 Å². The predicted molar refractivity (Wildman–Crippen MR) is 54.7 cm³/mol. The Balaban J connectivity index is 2.82. The minimum absolute atomic E-state index is 0.215. The van der Waals surface area contributed by atoms with Crippen LogP contribution in [-0.4, -0.2) is 9.26 Å². The van der Waals surface area contributed by atoms with Crippen molar-refractivity contribution in [2.45, 2.75) is 0 Å². The van der Waals surface area contributed by atoms with E-state index in [1.165, 1.54) is 4.57 Å². The number of halogens is 1. The first kappa shape index (κ1) is 9.21. The van der Waals surface area contributed by atoms with E-state index >= 15 is 0 Å². The normalized spacial score (nSPS) is 10.7. The molecule has 4 nitrogen and oxygen atoms in total. The molecule has 0 spiro atoms. The summed E-state index contributed by atoms with van der Waals surface area (Å²) >= 11 is 2.84. The molecule has 1 heterocycles. The third-order valence-electron chi connectivity index (χ3n) is 2.02. The first-order valence-electron chi connectivity index (χ1n) is 3.89. The Kier molecular flexibility index (Phi) is 2.03. The standard InChI is InChI=1S/C9H6BrNO3/c1-11-6-4-5(8(10)12)2-3-7(6)14-9(11)13/h2-4H,1H3. The topological polar surface area (TPSA) is 52.2 Å². The molecule has 0 fully saturated rings. The molecular formula is C9H6BrNO3. The molecule has 0 saturated carbocycles. The van der Waals surface area contributed by atoms with Crippen LogP contribution in [0, 0.1) is 0 Å². The molecule has 0 atom stereocenters. The number of carbonyl (C=O) groups is 1. The fourth-order valence-electron chi connectivity index (χ4n) is 1.25. The highest BCUT2D eigenvalue weighted by Crippen LogP contribution is 2.15. The van der Waals surface area contributed by atoms with Crippen LogP contribution in [0.25, 0.3) is 11.1 Å². The lowest BCUT2D eigenvalue weighted by molar-refractivity contribution is 0.109. The Morgan fingerprint density at radius 1 is 1.50 bits per heavy atom. The van der Waals surface area contributed by atoms with Gasteiger partial charge in [0.2, 0.25) is 4.69 Å². The predicted octanol–water partition coefficient (Wildman–Crippen LogP) is 1.67. The molecule has 0 aliphatic rings. The van der Waals surface area contributed by atoms with Crippen molar-refractivity contribution >= 4 is 31.7 Å². The zero-order valence-corrected chi connectivity index (χ0v) is 8.87. The monoisotopic (exact) mass is 255 g/mol. The molecule has 0 radical (unpaired) electrons. The van der Waals surface area contributed by atoms with Gasteiger partial charge in [0.15, 0.2) is 5.58 Å². The van der Waals surface area contributed by atoms with Crippen LogP contribution in [0.5, 0.6) is 0 Å². The van der Waals surface area contributed by atoms with Crippen LogP contribution in [0.1, 0.15) is 10.4 Å². The van der Waals surface area contributed by atoms with Crippen LogP contribution in [-0.2, 0) is 7.05 Å². The third kappa shape index (κ3) is 1.29. The van der Waals surface area contributed by atoms with Gasteiger partial charge in [-0.2, -0.15) is 0 Å². The quantitative estimate of drug-likeness (QED) is 0.729. The van der Waals surface area contributed by atoms with Gasteiger partial charge in [-0.25, -0.2) is 4.79 Å². The van der Waals surface area contributed by atoms with E-state index in [-0.39, 0.29) is 4.69 Å². The van der Waals surface area contributed by atoms with Crippen LogP contribution >= 0.6 is 15.9 Å². The number of aryl methyl sites for hydroxylation is 1. The van der Waals surface area contributed by atoms with Crippen LogP contribution in [0.15, 0.2) is 27.4 Å². The highest BCUT2D eigenvalue weighted by atomic mass is 79.9. The average molecular weight is 256 g/mol. The molecule has 0 saturated heterocycles.